The average Bonchev–Trinajstić information content (AvgIpc) is 2.71. The van der Waals surface area contributed by atoms with Crippen LogP contribution >= 0.6 is 0 Å². The Bertz CT molecular complexity index is 941. The van der Waals surface area contributed by atoms with E-state index in [2.05, 4.69) is 4.40 Å². The summed E-state index contributed by atoms with van der Waals surface area (Å²) in [5.74, 6) is -0.488. The Hall–Kier alpha value is -2.00. The molecule has 1 aromatic carbocycles. The fraction of sp³-hybridized carbons (Fsp3) is 0.619. The first kappa shape index (κ1) is 21.2. The molecule has 0 radical (unpaired) electrons. The van der Waals surface area contributed by atoms with E-state index in [1.807, 2.05) is 6.07 Å². The van der Waals surface area contributed by atoms with Gasteiger partial charge >= 0.3 is 0 Å². The van der Waals surface area contributed by atoms with E-state index in [9.17, 15) is 17.6 Å². The summed E-state index contributed by atoms with van der Waals surface area (Å²) >= 11 is 0. The second-order valence-corrected chi connectivity index (χ2v) is 9.92. The van der Waals surface area contributed by atoms with Gasteiger partial charge in [-0.2, -0.15) is 4.40 Å². The van der Waals surface area contributed by atoms with Crippen molar-refractivity contribution in [3.05, 3.63) is 29.6 Å². The predicted octanol–water partition coefficient (Wildman–Crippen LogP) is 2.65. The zero-order valence-corrected chi connectivity index (χ0v) is 17.9. The van der Waals surface area contributed by atoms with Crippen molar-refractivity contribution in [3.8, 4) is 5.75 Å². The van der Waals surface area contributed by atoms with Crippen molar-refractivity contribution in [2.24, 2.45) is 4.40 Å². The lowest BCUT2D eigenvalue weighted by Gasteiger charge is -2.37. The molecule has 1 saturated heterocycles. The number of hydrogen-bond acceptors (Lipinski definition) is 5. The Morgan fingerprint density at radius 1 is 1.20 bits per heavy atom. The molecule has 3 heterocycles. The Morgan fingerprint density at radius 3 is 2.70 bits per heavy atom. The van der Waals surface area contributed by atoms with Crippen LogP contribution in [0.15, 0.2) is 22.6 Å². The lowest BCUT2D eigenvalue weighted by Crippen LogP contribution is -2.53. The van der Waals surface area contributed by atoms with Gasteiger partial charge in [0.1, 0.15) is 0 Å². The Kier molecular flexibility index (Phi) is 6.11. The molecule has 2 fully saturated rings. The summed E-state index contributed by atoms with van der Waals surface area (Å²) in [6, 6.07) is 4.34. The lowest BCUT2D eigenvalue weighted by atomic mass is 9.82. The number of fused-ring (bicyclic) bond motifs is 5. The van der Waals surface area contributed by atoms with Gasteiger partial charge in [-0.15, -0.1) is 0 Å². The van der Waals surface area contributed by atoms with Crippen LogP contribution in [-0.4, -0.2) is 63.1 Å². The van der Waals surface area contributed by atoms with E-state index < -0.39 is 21.9 Å². The molecule has 1 amide bonds. The van der Waals surface area contributed by atoms with Gasteiger partial charge in [-0.1, -0.05) is 12.1 Å². The quantitative estimate of drug-likeness (QED) is 0.673. The molecule has 1 unspecified atom stereocenters. The average molecular weight is 439 g/mol. The molecule has 4 aliphatic rings. The third-order valence-electron chi connectivity index (χ3n) is 6.14. The largest absolute Gasteiger partial charge is 0.480 e. The minimum atomic E-state index is -3.59. The highest BCUT2D eigenvalue weighted by molar-refractivity contribution is 7.89. The highest BCUT2D eigenvalue weighted by atomic mass is 32.2. The molecule has 2 bridgehead atoms. The maximum atomic E-state index is 14.6. The first-order valence-corrected chi connectivity index (χ1v) is 12.3. The Labute approximate surface area is 176 Å². The molecule has 30 heavy (non-hydrogen) atoms. The number of rotatable bonds is 1. The molecular formula is C21H27FN2O5S. The van der Waals surface area contributed by atoms with Crippen molar-refractivity contribution >= 4 is 21.6 Å². The summed E-state index contributed by atoms with van der Waals surface area (Å²) in [6.45, 7) is 0.347. The molecule has 7 nitrogen and oxygen atoms in total. The zero-order valence-electron chi connectivity index (χ0n) is 17.0. The topological polar surface area (TPSA) is 85.3 Å². The fourth-order valence-electron chi connectivity index (χ4n) is 4.72. The fourth-order valence-corrected chi connectivity index (χ4v) is 5.36. The molecule has 164 valence electrons. The monoisotopic (exact) mass is 438 g/mol. The molecule has 9 heteroatoms. The smallest absolute Gasteiger partial charge is 0.261 e. The first-order valence-electron chi connectivity index (χ1n) is 10.4. The van der Waals surface area contributed by atoms with Gasteiger partial charge in [0.2, 0.25) is 10.0 Å². The number of hydrogen-bond donors (Lipinski definition) is 0. The van der Waals surface area contributed by atoms with E-state index in [1.165, 1.54) is 6.07 Å². The highest BCUT2D eigenvalue weighted by Gasteiger charge is 2.35. The van der Waals surface area contributed by atoms with Gasteiger partial charge in [0.25, 0.3) is 5.91 Å². The van der Waals surface area contributed by atoms with Gasteiger partial charge in [0.05, 0.1) is 30.7 Å². The van der Waals surface area contributed by atoms with Crippen LogP contribution in [0.2, 0.25) is 0 Å². The maximum Gasteiger partial charge on any atom is 0.261 e. The molecule has 1 aliphatic carbocycles. The Balaban J connectivity index is 1.68. The number of nitrogens with zero attached hydrogens (tertiary/aromatic N) is 2. The standard InChI is InChI=1S/C21H27FN2O5S/c1-30(26,27)23-18-6-3-11-24-19(18)12-28-15-9-7-14(8-10-15)16-4-2-5-17(22)21(16)29-13-20(24)25/h2,4-5,14-15,19H,3,6-13H2,1H3/b23-18+. The highest BCUT2D eigenvalue weighted by Crippen LogP contribution is 2.40. The molecule has 0 aromatic heterocycles. The van der Waals surface area contributed by atoms with Gasteiger partial charge in [0, 0.05) is 12.1 Å². The zero-order chi connectivity index (χ0) is 21.3. The van der Waals surface area contributed by atoms with Crippen molar-refractivity contribution in [2.75, 3.05) is 26.0 Å². The number of benzene rings is 1. The minimum absolute atomic E-state index is 0.0262. The van der Waals surface area contributed by atoms with Gasteiger partial charge in [-0.25, -0.2) is 12.8 Å². The molecule has 0 spiro atoms. The summed E-state index contributed by atoms with van der Waals surface area (Å²) in [6.07, 6.45) is 5.50. The molecule has 1 aromatic rings. The van der Waals surface area contributed by atoms with Crippen molar-refractivity contribution in [3.63, 3.8) is 0 Å². The van der Waals surface area contributed by atoms with E-state index in [-0.39, 0.29) is 36.9 Å². The Morgan fingerprint density at radius 2 is 1.97 bits per heavy atom. The molecule has 1 atom stereocenters. The van der Waals surface area contributed by atoms with E-state index in [1.54, 1.807) is 11.0 Å². The van der Waals surface area contributed by atoms with Crippen LogP contribution in [0.25, 0.3) is 0 Å². The van der Waals surface area contributed by atoms with Crippen LogP contribution in [0.5, 0.6) is 5.75 Å². The van der Waals surface area contributed by atoms with Crippen LogP contribution in [0.3, 0.4) is 0 Å². The van der Waals surface area contributed by atoms with Gasteiger partial charge < -0.3 is 14.4 Å². The van der Waals surface area contributed by atoms with E-state index >= 15 is 0 Å². The number of carbonyl (C=O) groups is 1. The van der Waals surface area contributed by atoms with Crippen molar-refractivity contribution in [1.82, 2.24) is 4.90 Å². The third kappa shape index (κ3) is 4.67. The number of ether oxygens (including phenoxy) is 2. The second kappa shape index (κ2) is 8.63. The molecular weight excluding hydrogens is 411 g/mol. The first-order chi connectivity index (χ1) is 14.3. The van der Waals surface area contributed by atoms with Crippen molar-refractivity contribution in [1.29, 1.82) is 0 Å². The van der Waals surface area contributed by atoms with Gasteiger partial charge in [-0.05, 0) is 50.5 Å². The van der Waals surface area contributed by atoms with Crippen molar-refractivity contribution < 1.29 is 27.1 Å². The minimum Gasteiger partial charge on any atom is -0.480 e. The number of carbonyl (C=O) groups excluding carboxylic acids is 1. The predicted molar refractivity (Wildman–Crippen MR) is 110 cm³/mol. The number of amides is 1. The summed E-state index contributed by atoms with van der Waals surface area (Å²) in [5, 5.41) is 0. The van der Waals surface area contributed by atoms with E-state index in [0.717, 1.165) is 37.5 Å². The summed E-state index contributed by atoms with van der Waals surface area (Å²) in [7, 11) is -3.59. The number of para-hydroxylation sites is 1. The van der Waals surface area contributed by atoms with Crippen LogP contribution < -0.4 is 4.74 Å². The number of halogens is 1. The second-order valence-electron chi connectivity index (χ2n) is 8.28. The van der Waals surface area contributed by atoms with Crippen LogP contribution in [0.4, 0.5) is 4.39 Å². The molecule has 5 rings (SSSR count). The summed E-state index contributed by atoms with van der Waals surface area (Å²) in [4.78, 5) is 14.5. The van der Waals surface area contributed by atoms with Gasteiger partial charge in [-0.3, -0.25) is 4.79 Å². The lowest BCUT2D eigenvalue weighted by molar-refractivity contribution is -0.136. The summed E-state index contributed by atoms with van der Waals surface area (Å²) < 4.78 is 53.9. The normalized spacial score (nSPS) is 29.3. The molecule has 1 saturated carbocycles. The summed E-state index contributed by atoms with van der Waals surface area (Å²) in [5.41, 5.74) is 1.24. The number of piperidine rings is 1. The van der Waals surface area contributed by atoms with Gasteiger partial charge in [0.15, 0.2) is 18.2 Å². The SMILES string of the molecule is CS(=O)(=O)/N=C1\CCCN2C(=O)COc3c(F)cccc3C3CCC(CC3)OCC12. The van der Waals surface area contributed by atoms with Crippen molar-refractivity contribution in [2.45, 2.75) is 56.6 Å². The number of sulfonamides is 1. The van der Waals surface area contributed by atoms with E-state index in [0.29, 0.717) is 25.1 Å². The maximum absolute atomic E-state index is 14.6. The van der Waals surface area contributed by atoms with E-state index in [4.69, 9.17) is 9.47 Å². The van der Waals surface area contributed by atoms with Crippen LogP contribution in [0.1, 0.15) is 50.0 Å². The van der Waals surface area contributed by atoms with Crippen LogP contribution in [0, 0.1) is 5.82 Å². The molecule has 3 aliphatic heterocycles. The van der Waals surface area contributed by atoms with Crippen LogP contribution in [-0.2, 0) is 19.6 Å². The third-order valence-corrected chi connectivity index (χ3v) is 6.70. The molecule has 0 N–H and O–H groups in total.